The largest absolute Gasteiger partial charge is 0.496 e. The van der Waals surface area contributed by atoms with E-state index in [9.17, 15) is 9.59 Å². The minimum atomic E-state index is -0.520. The minimum Gasteiger partial charge on any atom is -0.496 e. The fourth-order valence-corrected chi connectivity index (χ4v) is 3.39. The van der Waals surface area contributed by atoms with Gasteiger partial charge in [-0.15, -0.1) is 0 Å². The quantitative estimate of drug-likeness (QED) is 0.250. The lowest BCUT2D eigenvalue weighted by Gasteiger charge is -2.11. The van der Waals surface area contributed by atoms with Crippen molar-refractivity contribution in [2.24, 2.45) is 0 Å². The summed E-state index contributed by atoms with van der Waals surface area (Å²) in [6.07, 6.45) is 3.03. The van der Waals surface area contributed by atoms with Gasteiger partial charge in [0.05, 0.1) is 18.1 Å². The van der Waals surface area contributed by atoms with Gasteiger partial charge in [0.2, 0.25) is 5.43 Å². The standard InChI is InChI=1S/C26H20O5/c1-17-25(20-10-6-7-11-22(20)29-2)26(28)21-14-13-19(16-23(21)30-17)31-24(27)15-12-18-8-4-3-5-9-18/h3-16H,1-2H3/b15-12+. The number of benzene rings is 3. The maximum absolute atomic E-state index is 13.2. The van der Waals surface area contributed by atoms with Crippen LogP contribution in [0.25, 0.3) is 28.2 Å². The van der Waals surface area contributed by atoms with Crippen LogP contribution >= 0.6 is 0 Å². The summed E-state index contributed by atoms with van der Waals surface area (Å²) in [5, 5.41) is 0.395. The molecule has 0 saturated carbocycles. The molecule has 0 spiro atoms. The van der Waals surface area contributed by atoms with Gasteiger partial charge in [-0.1, -0.05) is 48.5 Å². The van der Waals surface area contributed by atoms with Crippen LogP contribution in [0.15, 0.2) is 88.1 Å². The van der Waals surface area contributed by atoms with Crippen LogP contribution in [0.2, 0.25) is 0 Å². The molecule has 3 aromatic carbocycles. The number of carbonyl (C=O) groups excluding carboxylic acids is 1. The number of carbonyl (C=O) groups is 1. The van der Waals surface area contributed by atoms with Gasteiger partial charge in [-0.05, 0) is 36.8 Å². The Hall–Kier alpha value is -4.12. The molecule has 0 aliphatic heterocycles. The first-order valence-corrected chi connectivity index (χ1v) is 9.72. The lowest BCUT2D eigenvalue weighted by molar-refractivity contribution is -0.128. The lowest BCUT2D eigenvalue weighted by atomic mass is 10.0. The van der Waals surface area contributed by atoms with E-state index >= 15 is 0 Å². The molecule has 0 bridgehead atoms. The molecule has 154 valence electrons. The highest BCUT2D eigenvalue weighted by Gasteiger charge is 2.17. The van der Waals surface area contributed by atoms with Crippen molar-refractivity contribution in [2.45, 2.75) is 6.92 Å². The molecule has 0 aliphatic carbocycles. The normalized spacial score (nSPS) is 11.0. The maximum Gasteiger partial charge on any atom is 0.336 e. The van der Waals surface area contributed by atoms with Crippen molar-refractivity contribution in [3.05, 3.63) is 100 Å². The summed E-state index contributed by atoms with van der Waals surface area (Å²) in [5.74, 6) is 0.818. The summed E-state index contributed by atoms with van der Waals surface area (Å²) in [4.78, 5) is 25.3. The fourth-order valence-electron chi connectivity index (χ4n) is 3.39. The molecule has 0 radical (unpaired) electrons. The van der Waals surface area contributed by atoms with Gasteiger partial charge in [-0.25, -0.2) is 4.79 Å². The molecule has 4 rings (SSSR count). The van der Waals surface area contributed by atoms with Crippen LogP contribution in [-0.2, 0) is 4.79 Å². The molecule has 0 aliphatic rings. The SMILES string of the molecule is COc1ccccc1-c1c(C)oc2cc(OC(=O)/C=C/c3ccccc3)ccc2c1=O. The van der Waals surface area contributed by atoms with E-state index < -0.39 is 5.97 Å². The highest BCUT2D eigenvalue weighted by Crippen LogP contribution is 2.32. The van der Waals surface area contributed by atoms with Crippen LogP contribution < -0.4 is 14.9 Å². The summed E-state index contributed by atoms with van der Waals surface area (Å²) in [6.45, 7) is 1.73. The Balaban J connectivity index is 1.65. The highest BCUT2D eigenvalue weighted by atomic mass is 16.5. The minimum absolute atomic E-state index is 0.176. The smallest absolute Gasteiger partial charge is 0.336 e. The number of ether oxygens (including phenoxy) is 2. The molecule has 0 fully saturated rings. The van der Waals surface area contributed by atoms with Crippen molar-refractivity contribution >= 4 is 23.0 Å². The van der Waals surface area contributed by atoms with Crippen LogP contribution in [0.4, 0.5) is 0 Å². The van der Waals surface area contributed by atoms with Crippen molar-refractivity contribution in [2.75, 3.05) is 7.11 Å². The summed E-state index contributed by atoms with van der Waals surface area (Å²) in [6, 6.07) is 21.5. The zero-order chi connectivity index (χ0) is 21.8. The number of hydrogen-bond acceptors (Lipinski definition) is 5. The van der Waals surface area contributed by atoms with Gasteiger partial charge in [0.1, 0.15) is 22.8 Å². The van der Waals surface area contributed by atoms with E-state index in [1.807, 2.05) is 48.5 Å². The van der Waals surface area contributed by atoms with Crippen molar-refractivity contribution in [3.8, 4) is 22.6 Å². The van der Waals surface area contributed by atoms with E-state index in [1.54, 1.807) is 44.4 Å². The number of aryl methyl sites for hydroxylation is 1. The van der Waals surface area contributed by atoms with E-state index in [2.05, 4.69) is 0 Å². The number of rotatable bonds is 5. The van der Waals surface area contributed by atoms with Crippen molar-refractivity contribution < 1.29 is 18.7 Å². The third-order valence-electron chi connectivity index (χ3n) is 4.85. The Kier molecular flexibility index (Phi) is 5.67. The molecule has 5 heteroatoms. The highest BCUT2D eigenvalue weighted by molar-refractivity contribution is 5.90. The summed E-state index contributed by atoms with van der Waals surface area (Å²) < 4.78 is 16.7. The lowest BCUT2D eigenvalue weighted by Crippen LogP contribution is -2.09. The van der Waals surface area contributed by atoms with Crippen LogP contribution in [0.1, 0.15) is 11.3 Å². The maximum atomic E-state index is 13.2. The van der Waals surface area contributed by atoms with Gasteiger partial charge in [-0.3, -0.25) is 4.79 Å². The average molecular weight is 412 g/mol. The second-order valence-corrected chi connectivity index (χ2v) is 6.89. The van der Waals surface area contributed by atoms with Gasteiger partial charge in [-0.2, -0.15) is 0 Å². The first-order valence-electron chi connectivity index (χ1n) is 9.72. The zero-order valence-corrected chi connectivity index (χ0v) is 17.1. The Morgan fingerprint density at radius 3 is 2.48 bits per heavy atom. The molecule has 4 aromatic rings. The van der Waals surface area contributed by atoms with E-state index in [0.29, 0.717) is 39.4 Å². The van der Waals surface area contributed by atoms with Crippen LogP contribution in [-0.4, -0.2) is 13.1 Å². The molecule has 1 heterocycles. The predicted molar refractivity (Wildman–Crippen MR) is 120 cm³/mol. The first kappa shape index (κ1) is 20.2. The van der Waals surface area contributed by atoms with Gasteiger partial charge in [0.25, 0.3) is 0 Å². The molecular formula is C26H20O5. The Morgan fingerprint density at radius 2 is 1.71 bits per heavy atom. The van der Waals surface area contributed by atoms with Gasteiger partial charge >= 0.3 is 5.97 Å². The fraction of sp³-hybridized carbons (Fsp3) is 0.0769. The molecule has 0 N–H and O–H groups in total. The Bertz CT molecular complexity index is 1330. The van der Waals surface area contributed by atoms with Crippen molar-refractivity contribution in [1.82, 2.24) is 0 Å². The molecule has 0 unspecified atom stereocenters. The van der Waals surface area contributed by atoms with Gasteiger partial charge < -0.3 is 13.9 Å². The second kappa shape index (κ2) is 8.71. The topological polar surface area (TPSA) is 65.7 Å². The Labute approximate surface area is 179 Å². The Morgan fingerprint density at radius 1 is 0.968 bits per heavy atom. The molecular weight excluding hydrogens is 392 g/mol. The number of fused-ring (bicyclic) bond motifs is 1. The molecule has 5 nitrogen and oxygen atoms in total. The second-order valence-electron chi connectivity index (χ2n) is 6.89. The molecule has 0 saturated heterocycles. The van der Waals surface area contributed by atoms with Crippen molar-refractivity contribution in [3.63, 3.8) is 0 Å². The molecule has 0 amide bonds. The van der Waals surface area contributed by atoms with E-state index in [4.69, 9.17) is 13.9 Å². The zero-order valence-electron chi connectivity index (χ0n) is 17.1. The van der Waals surface area contributed by atoms with Crippen LogP contribution in [0, 0.1) is 6.92 Å². The van der Waals surface area contributed by atoms with E-state index in [1.165, 1.54) is 6.08 Å². The third kappa shape index (κ3) is 4.26. The predicted octanol–water partition coefficient (Wildman–Crippen LogP) is 5.40. The van der Waals surface area contributed by atoms with Crippen LogP contribution in [0.5, 0.6) is 11.5 Å². The summed E-state index contributed by atoms with van der Waals surface area (Å²) in [7, 11) is 1.56. The van der Waals surface area contributed by atoms with Crippen molar-refractivity contribution in [1.29, 1.82) is 0 Å². The summed E-state index contributed by atoms with van der Waals surface area (Å²) in [5.41, 5.74) is 2.17. The third-order valence-corrected chi connectivity index (χ3v) is 4.85. The average Bonchev–Trinajstić information content (AvgIpc) is 2.78. The number of hydrogen-bond donors (Lipinski definition) is 0. The molecule has 1 aromatic heterocycles. The molecule has 0 atom stereocenters. The van der Waals surface area contributed by atoms with Gasteiger partial charge in [0, 0.05) is 17.7 Å². The number of para-hydroxylation sites is 1. The van der Waals surface area contributed by atoms with Crippen LogP contribution in [0.3, 0.4) is 0 Å². The van der Waals surface area contributed by atoms with E-state index in [0.717, 1.165) is 5.56 Å². The number of methoxy groups -OCH3 is 1. The molecule has 31 heavy (non-hydrogen) atoms. The monoisotopic (exact) mass is 412 g/mol. The first-order chi connectivity index (χ1) is 15.1. The van der Waals surface area contributed by atoms with Gasteiger partial charge in [0.15, 0.2) is 0 Å². The summed E-state index contributed by atoms with van der Waals surface area (Å²) >= 11 is 0. The number of esters is 1. The van der Waals surface area contributed by atoms with E-state index in [-0.39, 0.29) is 5.43 Å².